The molecule has 1 aromatic rings. The van der Waals surface area contributed by atoms with Crippen LogP contribution in [0.3, 0.4) is 0 Å². The summed E-state index contributed by atoms with van der Waals surface area (Å²) in [6.45, 7) is 1.88. The van der Waals surface area contributed by atoms with Crippen molar-refractivity contribution in [1.29, 1.82) is 0 Å². The monoisotopic (exact) mass is 284 g/mol. The number of ether oxygens (including phenoxy) is 1. The summed E-state index contributed by atoms with van der Waals surface area (Å²) < 4.78 is 32.5. The molecule has 6 heteroatoms. The Kier molecular flexibility index (Phi) is 4.13. The van der Waals surface area contributed by atoms with Crippen molar-refractivity contribution in [3.63, 3.8) is 0 Å². The molecule has 0 aromatic heterocycles. The molecule has 19 heavy (non-hydrogen) atoms. The van der Waals surface area contributed by atoms with E-state index in [9.17, 15) is 8.42 Å². The van der Waals surface area contributed by atoms with Crippen LogP contribution < -0.4 is 10.5 Å². The molecule has 0 radical (unpaired) electrons. The number of nitrogens with one attached hydrogen (secondary N) is 1. The van der Waals surface area contributed by atoms with Crippen LogP contribution in [0.1, 0.15) is 24.8 Å². The number of rotatable bonds is 4. The third kappa shape index (κ3) is 3.26. The van der Waals surface area contributed by atoms with Crippen molar-refractivity contribution < 1.29 is 13.2 Å². The van der Waals surface area contributed by atoms with Crippen LogP contribution in [0.5, 0.6) is 0 Å². The van der Waals surface area contributed by atoms with Crippen molar-refractivity contribution in [1.82, 2.24) is 4.72 Å². The largest absolute Gasteiger partial charge is 0.398 e. The van der Waals surface area contributed by atoms with Crippen LogP contribution in [0.25, 0.3) is 0 Å². The summed E-state index contributed by atoms with van der Waals surface area (Å²) in [5.74, 6) is 0. The fourth-order valence-corrected chi connectivity index (χ4v) is 3.85. The standard InChI is InChI=1S/C13H20N2O3S/c1-9-3-6-13(12(14)7-9)19(16,17)15-10-4-5-11(8-10)18-2/h3,6-7,10-11,15H,4-5,8,14H2,1-2H3. The van der Waals surface area contributed by atoms with Gasteiger partial charge in [-0.2, -0.15) is 0 Å². The molecule has 1 fully saturated rings. The Morgan fingerprint density at radius 3 is 2.68 bits per heavy atom. The third-order valence-electron chi connectivity index (χ3n) is 3.49. The Morgan fingerprint density at radius 2 is 2.11 bits per heavy atom. The maximum atomic E-state index is 12.3. The topological polar surface area (TPSA) is 81.4 Å². The summed E-state index contributed by atoms with van der Waals surface area (Å²) in [5, 5.41) is 0. The van der Waals surface area contributed by atoms with Crippen molar-refractivity contribution in [3.8, 4) is 0 Å². The lowest BCUT2D eigenvalue weighted by molar-refractivity contribution is 0.107. The summed E-state index contributed by atoms with van der Waals surface area (Å²) in [6.07, 6.45) is 2.53. The Labute approximate surface area is 114 Å². The van der Waals surface area contributed by atoms with E-state index in [1.807, 2.05) is 6.92 Å². The molecule has 1 aliphatic rings. The number of nitrogen functional groups attached to an aromatic ring is 1. The molecule has 0 aliphatic heterocycles. The molecule has 0 heterocycles. The number of hydrogen-bond donors (Lipinski definition) is 2. The van der Waals surface area contributed by atoms with Crippen LogP contribution in [0.4, 0.5) is 5.69 Å². The van der Waals surface area contributed by atoms with E-state index in [-0.39, 0.29) is 22.7 Å². The summed E-state index contributed by atoms with van der Waals surface area (Å²) in [4.78, 5) is 0.152. The molecule has 1 aliphatic carbocycles. The predicted molar refractivity (Wildman–Crippen MR) is 74.3 cm³/mol. The third-order valence-corrected chi connectivity index (χ3v) is 5.09. The average Bonchev–Trinajstić information content (AvgIpc) is 2.75. The number of sulfonamides is 1. The van der Waals surface area contributed by atoms with Gasteiger partial charge in [-0.25, -0.2) is 13.1 Å². The van der Waals surface area contributed by atoms with E-state index in [4.69, 9.17) is 10.5 Å². The summed E-state index contributed by atoms with van der Waals surface area (Å²) in [6, 6.07) is 4.89. The molecule has 5 nitrogen and oxygen atoms in total. The molecule has 0 saturated heterocycles. The smallest absolute Gasteiger partial charge is 0.242 e. The Balaban J connectivity index is 2.14. The van der Waals surface area contributed by atoms with Gasteiger partial charge in [0, 0.05) is 13.2 Å². The summed E-state index contributed by atoms with van der Waals surface area (Å²) in [7, 11) is -1.90. The lowest BCUT2D eigenvalue weighted by Gasteiger charge is -2.14. The molecule has 0 amide bonds. The summed E-state index contributed by atoms with van der Waals surface area (Å²) >= 11 is 0. The highest BCUT2D eigenvalue weighted by Crippen LogP contribution is 2.25. The molecular formula is C13H20N2O3S. The van der Waals surface area contributed by atoms with Crippen molar-refractivity contribution >= 4 is 15.7 Å². The molecule has 1 aromatic carbocycles. The fraction of sp³-hybridized carbons (Fsp3) is 0.538. The normalized spacial score (nSPS) is 23.7. The van der Waals surface area contributed by atoms with Crippen molar-refractivity contribution in [2.45, 2.75) is 43.2 Å². The van der Waals surface area contributed by atoms with Gasteiger partial charge in [-0.15, -0.1) is 0 Å². The van der Waals surface area contributed by atoms with Crippen LogP contribution in [0.15, 0.2) is 23.1 Å². The van der Waals surface area contributed by atoms with Crippen LogP contribution in [-0.2, 0) is 14.8 Å². The SMILES string of the molecule is COC1CCC(NS(=O)(=O)c2ccc(C)cc2N)C1. The first-order chi connectivity index (χ1) is 8.92. The second-order valence-corrected chi connectivity index (χ2v) is 6.71. The summed E-state index contributed by atoms with van der Waals surface area (Å²) in [5.41, 5.74) is 7.02. The second-order valence-electron chi connectivity index (χ2n) is 5.03. The van der Waals surface area contributed by atoms with Gasteiger partial charge in [0.1, 0.15) is 4.90 Å². The number of benzene rings is 1. The second kappa shape index (κ2) is 5.48. The Bertz CT molecular complexity index is 557. The van der Waals surface area contributed by atoms with Crippen molar-refractivity contribution in [2.24, 2.45) is 0 Å². The van der Waals surface area contributed by atoms with Gasteiger partial charge in [0.2, 0.25) is 10.0 Å². The Morgan fingerprint density at radius 1 is 1.37 bits per heavy atom. The molecule has 0 bridgehead atoms. The zero-order valence-electron chi connectivity index (χ0n) is 11.2. The van der Waals surface area contributed by atoms with Gasteiger partial charge >= 0.3 is 0 Å². The quantitative estimate of drug-likeness (QED) is 0.819. The average molecular weight is 284 g/mol. The molecule has 0 spiro atoms. The first-order valence-electron chi connectivity index (χ1n) is 6.33. The van der Waals surface area contributed by atoms with Gasteiger partial charge in [0.05, 0.1) is 11.8 Å². The van der Waals surface area contributed by atoms with Gasteiger partial charge in [-0.05, 0) is 43.9 Å². The number of nitrogens with two attached hydrogens (primary N) is 1. The maximum Gasteiger partial charge on any atom is 0.242 e. The van der Waals surface area contributed by atoms with E-state index in [1.165, 1.54) is 0 Å². The molecule has 1 saturated carbocycles. The number of aryl methyl sites for hydroxylation is 1. The highest BCUT2D eigenvalue weighted by molar-refractivity contribution is 7.89. The van der Waals surface area contributed by atoms with Crippen LogP contribution in [-0.4, -0.2) is 27.7 Å². The number of hydrogen-bond acceptors (Lipinski definition) is 4. The first kappa shape index (κ1) is 14.3. The predicted octanol–water partition coefficient (Wildman–Crippen LogP) is 1.42. The zero-order chi connectivity index (χ0) is 14.0. The van der Waals surface area contributed by atoms with E-state index < -0.39 is 10.0 Å². The lowest BCUT2D eigenvalue weighted by atomic mass is 10.2. The number of anilines is 1. The number of methoxy groups -OCH3 is 1. The zero-order valence-corrected chi connectivity index (χ0v) is 12.0. The van der Waals surface area contributed by atoms with E-state index in [2.05, 4.69) is 4.72 Å². The van der Waals surface area contributed by atoms with E-state index >= 15 is 0 Å². The van der Waals surface area contributed by atoms with Gasteiger partial charge in [-0.1, -0.05) is 6.07 Å². The molecule has 2 unspecified atom stereocenters. The van der Waals surface area contributed by atoms with Gasteiger partial charge in [0.15, 0.2) is 0 Å². The molecule has 3 N–H and O–H groups in total. The Hall–Kier alpha value is -1.11. The van der Waals surface area contributed by atoms with Crippen LogP contribution in [0.2, 0.25) is 0 Å². The minimum atomic E-state index is -3.55. The van der Waals surface area contributed by atoms with E-state index in [0.29, 0.717) is 6.42 Å². The molecule has 2 rings (SSSR count). The van der Waals surface area contributed by atoms with Crippen LogP contribution in [0, 0.1) is 6.92 Å². The molecule has 2 atom stereocenters. The first-order valence-corrected chi connectivity index (χ1v) is 7.82. The van der Waals surface area contributed by atoms with Gasteiger partial charge in [0.25, 0.3) is 0 Å². The minimum absolute atomic E-state index is 0.0735. The minimum Gasteiger partial charge on any atom is -0.398 e. The van der Waals surface area contributed by atoms with Crippen molar-refractivity contribution in [3.05, 3.63) is 23.8 Å². The fourth-order valence-electron chi connectivity index (χ4n) is 2.46. The van der Waals surface area contributed by atoms with Crippen molar-refractivity contribution in [2.75, 3.05) is 12.8 Å². The maximum absolute atomic E-state index is 12.3. The molecular weight excluding hydrogens is 264 g/mol. The highest BCUT2D eigenvalue weighted by Gasteiger charge is 2.29. The van der Waals surface area contributed by atoms with E-state index in [0.717, 1.165) is 18.4 Å². The van der Waals surface area contributed by atoms with Gasteiger partial charge in [-0.3, -0.25) is 0 Å². The molecule has 106 valence electrons. The van der Waals surface area contributed by atoms with E-state index in [1.54, 1.807) is 25.3 Å². The van der Waals surface area contributed by atoms with Crippen LogP contribution >= 0.6 is 0 Å². The highest BCUT2D eigenvalue weighted by atomic mass is 32.2. The lowest BCUT2D eigenvalue weighted by Crippen LogP contribution is -2.33. The van der Waals surface area contributed by atoms with Gasteiger partial charge < -0.3 is 10.5 Å².